The van der Waals surface area contributed by atoms with Crippen LogP contribution in [0.1, 0.15) is 12.8 Å². The summed E-state index contributed by atoms with van der Waals surface area (Å²) in [6.07, 6.45) is 2.06. The SMILES string of the molecule is O=C(C1CSCCN1)N1CCC(Oc2ccccc2)CC1. The third-order valence-electron chi connectivity index (χ3n) is 4.02. The number of hydrogen-bond acceptors (Lipinski definition) is 4. The minimum Gasteiger partial charge on any atom is -0.490 e. The second kappa shape index (κ2) is 7.18. The van der Waals surface area contributed by atoms with Crippen LogP contribution in [0, 0.1) is 0 Å². The molecule has 1 N–H and O–H groups in total. The third-order valence-corrected chi connectivity index (χ3v) is 5.08. The predicted octanol–water partition coefficient (Wildman–Crippen LogP) is 1.76. The maximum atomic E-state index is 12.4. The highest BCUT2D eigenvalue weighted by molar-refractivity contribution is 7.99. The van der Waals surface area contributed by atoms with Crippen LogP contribution in [-0.4, -0.2) is 54.1 Å². The lowest BCUT2D eigenvalue weighted by Crippen LogP contribution is -2.53. The number of benzene rings is 1. The van der Waals surface area contributed by atoms with Gasteiger partial charge in [-0.1, -0.05) is 18.2 Å². The molecule has 2 heterocycles. The first-order valence-electron chi connectivity index (χ1n) is 7.64. The summed E-state index contributed by atoms with van der Waals surface area (Å²) < 4.78 is 5.97. The van der Waals surface area contributed by atoms with E-state index in [0.29, 0.717) is 0 Å². The molecule has 1 aromatic rings. The van der Waals surface area contributed by atoms with Gasteiger partial charge in [-0.3, -0.25) is 4.79 Å². The van der Waals surface area contributed by atoms with Crippen LogP contribution in [0.5, 0.6) is 5.75 Å². The maximum Gasteiger partial charge on any atom is 0.240 e. The number of amides is 1. The first-order valence-corrected chi connectivity index (χ1v) is 8.80. The Morgan fingerprint density at radius 2 is 2.00 bits per heavy atom. The van der Waals surface area contributed by atoms with Crippen molar-refractivity contribution in [3.63, 3.8) is 0 Å². The first kappa shape index (κ1) is 14.7. The summed E-state index contributed by atoms with van der Waals surface area (Å²) in [6, 6.07) is 9.95. The Hall–Kier alpha value is -1.20. The minimum absolute atomic E-state index is 0.00958. The molecule has 1 amide bonds. The van der Waals surface area contributed by atoms with Crippen LogP contribution in [0.25, 0.3) is 0 Å². The molecule has 3 rings (SSSR count). The first-order chi connectivity index (χ1) is 10.3. The molecular weight excluding hydrogens is 284 g/mol. The fourth-order valence-electron chi connectivity index (χ4n) is 2.83. The molecule has 5 heteroatoms. The van der Waals surface area contributed by atoms with Gasteiger partial charge in [0.05, 0.1) is 6.04 Å². The molecule has 0 aromatic heterocycles. The topological polar surface area (TPSA) is 41.6 Å². The number of hydrogen-bond donors (Lipinski definition) is 1. The highest BCUT2D eigenvalue weighted by Gasteiger charge is 2.29. The summed E-state index contributed by atoms with van der Waals surface area (Å²) in [5.41, 5.74) is 0. The molecule has 4 nitrogen and oxygen atoms in total. The van der Waals surface area contributed by atoms with Crippen molar-refractivity contribution in [1.82, 2.24) is 10.2 Å². The van der Waals surface area contributed by atoms with Crippen molar-refractivity contribution < 1.29 is 9.53 Å². The molecule has 2 saturated heterocycles. The number of nitrogens with one attached hydrogen (secondary N) is 1. The average Bonchev–Trinajstić information content (AvgIpc) is 2.57. The second-order valence-electron chi connectivity index (χ2n) is 5.54. The van der Waals surface area contributed by atoms with Crippen LogP contribution < -0.4 is 10.1 Å². The molecule has 2 aliphatic rings. The van der Waals surface area contributed by atoms with Crippen molar-refractivity contribution in [2.75, 3.05) is 31.1 Å². The number of likely N-dealkylation sites (tertiary alicyclic amines) is 1. The monoisotopic (exact) mass is 306 g/mol. The lowest BCUT2D eigenvalue weighted by atomic mass is 10.1. The number of carbonyl (C=O) groups excluding carboxylic acids is 1. The highest BCUT2D eigenvalue weighted by Crippen LogP contribution is 2.20. The van der Waals surface area contributed by atoms with Crippen LogP contribution in [0.4, 0.5) is 0 Å². The van der Waals surface area contributed by atoms with Gasteiger partial charge in [-0.2, -0.15) is 11.8 Å². The van der Waals surface area contributed by atoms with Crippen LogP contribution in [0.3, 0.4) is 0 Å². The Labute approximate surface area is 130 Å². The number of thioether (sulfide) groups is 1. The second-order valence-corrected chi connectivity index (χ2v) is 6.69. The molecule has 0 bridgehead atoms. The molecule has 1 aromatic carbocycles. The van der Waals surface area contributed by atoms with E-state index in [9.17, 15) is 4.79 Å². The van der Waals surface area contributed by atoms with E-state index in [-0.39, 0.29) is 18.1 Å². The molecule has 0 saturated carbocycles. The van der Waals surface area contributed by atoms with Gasteiger partial charge in [-0.25, -0.2) is 0 Å². The molecule has 114 valence electrons. The molecule has 1 unspecified atom stereocenters. The van der Waals surface area contributed by atoms with Crippen molar-refractivity contribution in [1.29, 1.82) is 0 Å². The largest absolute Gasteiger partial charge is 0.490 e. The fourth-order valence-corrected chi connectivity index (χ4v) is 3.75. The minimum atomic E-state index is 0.00958. The lowest BCUT2D eigenvalue weighted by Gasteiger charge is -2.35. The number of piperidine rings is 1. The van der Waals surface area contributed by atoms with Crippen LogP contribution in [0.15, 0.2) is 30.3 Å². The molecule has 0 spiro atoms. The Bertz CT molecular complexity index is 455. The van der Waals surface area contributed by atoms with Crippen molar-refractivity contribution >= 4 is 17.7 Å². The molecular formula is C16H22N2O2S. The molecule has 0 aliphatic carbocycles. The normalized spacial score (nSPS) is 23.8. The summed E-state index contributed by atoms with van der Waals surface area (Å²) in [5.74, 6) is 3.20. The molecule has 1 atom stereocenters. The van der Waals surface area contributed by atoms with Crippen LogP contribution in [-0.2, 0) is 4.79 Å². The van der Waals surface area contributed by atoms with Gasteiger partial charge in [0.25, 0.3) is 0 Å². The van der Waals surface area contributed by atoms with Crippen molar-refractivity contribution in [2.45, 2.75) is 25.0 Å². The van der Waals surface area contributed by atoms with Gasteiger partial charge in [0.1, 0.15) is 11.9 Å². The molecule has 2 aliphatic heterocycles. The van der Waals surface area contributed by atoms with E-state index in [4.69, 9.17) is 4.74 Å². The van der Waals surface area contributed by atoms with Crippen LogP contribution >= 0.6 is 11.8 Å². The van der Waals surface area contributed by atoms with E-state index in [1.807, 2.05) is 47.0 Å². The van der Waals surface area contributed by atoms with Gasteiger partial charge in [0.2, 0.25) is 5.91 Å². The quantitative estimate of drug-likeness (QED) is 0.924. The molecule has 2 fully saturated rings. The zero-order valence-electron chi connectivity index (χ0n) is 12.2. The zero-order chi connectivity index (χ0) is 14.5. The fraction of sp³-hybridized carbons (Fsp3) is 0.562. The predicted molar refractivity (Wildman–Crippen MR) is 85.8 cm³/mol. The van der Waals surface area contributed by atoms with Crippen LogP contribution in [0.2, 0.25) is 0 Å². The standard InChI is InChI=1S/C16H22N2O2S/c19-16(15-12-21-11-8-17-15)18-9-6-14(7-10-18)20-13-4-2-1-3-5-13/h1-5,14-15,17H,6-12H2. The third kappa shape index (κ3) is 3.92. The van der Waals surface area contributed by atoms with Gasteiger partial charge in [-0.15, -0.1) is 0 Å². The van der Waals surface area contributed by atoms with E-state index >= 15 is 0 Å². The number of ether oxygens (including phenoxy) is 1. The number of nitrogens with zero attached hydrogens (tertiary/aromatic N) is 1. The maximum absolute atomic E-state index is 12.4. The Morgan fingerprint density at radius 1 is 1.24 bits per heavy atom. The van der Waals surface area contributed by atoms with Crippen molar-refractivity contribution in [3.05, 3.63) is 30.3 Å². The molecule has 0 radical (unpaired) electrons. The lowest BCUT2D eigenvalue weighted by molar-refractivity contribution is -0.134. The number of carbonyl (C=O) groups is 1. The highest BCUT2D eigenvalue weighted by atomic mass is 32.2. The van der Waals surface area contributed by atoms with Gasteiger partial charge in [0.15, 0.2) is 0 Å². The number of para-hydroxylation sites is 1. The van der Waals surface area contributed by atoms with Gasteiger partial charge < -0.3 is 15.0 Å². The average molecular weight is 306 g/mol. The van der Waals surface area contributed by atoms with Gasteiger partial charge in [0, 0.05) is 44.0 Å². The van der Waals surface area contributed by atoms with Gasteiger partial charge >= 0.3 is 0 Å². The van der Waals surface area contributed by atoms with E-state index in [2.05, 4.69) is 5.32 Å². The van der Waals surface area contributed by atoms with Crippen molar-refractivity contribution in [3.8, 4) is 5.75 Å². The summed E-state index contributed by atoms with van der Waals surface area (Å²) >= 11 is 1.86. The summed E-state index contributed by atoms with van der Waals surface area (Å²) in [4.78, 5) is 14.4. The Balaban J connectivity index is 1.47. The van der Waals surface area contributed by atoms with E-state index in [0.717, 1.165) is 49.7 Å². The summed E-state index contributed by atoms with van der Waals surface area (Å²) in [6.45, 7) is 2.55. The van der Waals surface area contributed by atoms with Gasteiger partial charge in [-0.05, 0) is 12.1 Å². The van der Waals surface area contributed by atoms with E-state index in [1.165, 1.54) is 0 Å². The Kier molecular flexibility index (Phi) is 5.04. The zero-order valence-corrected chi connectivity index (χ0v) is 13.0. The Morgan fingerprint density at radius 3 is 2.67 bits per heavy atom. The van der Waals surface area contributed by atoms with E-state index < -0.39 is 0 Å². The molecule has 21 heavy (non-hydrogen) atoms. The summed E-state index contributed by atoms with van der Waals surface area (Å²) in [7, 11) is 0. The smallest absolute Gasteiger partial charge is 0.240 e. The van der Waals surface area contributed by atoms with E-state index in [1.54, 1.807) is 0 Å². The summed E-state index contributed by atoms with van der Waals surface area (Å²) in [5, 5.41) is 3.32. The number of rotatable bonds is 3. The van der Waals surface area contributed by atoms with Crippen molar-refractivity contribution in [2.24, 2.45) is 0 Å².